The van der Waals surface area contributed by atoms with Crippen molar-refractivity contribution in [3.05, 3.63) is 30.2 Å². The second-order valence-corrected chi connectivity index (χ2v) is 7.34. The Morgan fingerprint density at radius 1 is 1.17 bits per heavy atom. The summed E-state index contributed by atoms with van der Waals surface area (Å²) in [6, 6.07) is 4.23. The Hall–Kier alpha value is -2.24. The summed E-state index contributed by atoms with van der Waals surface area (Å²) in [7, 11) is 0. The van der Waals surface area contributed by atoms with Gasteiger partial charge in [0.15, 0.2) is 0 Å². The third-order valence-electron chi connectivity index (χ3n) is 4.46. The molecule has 0 saturated carbocycles. The molecule has 3 heterocycles. The number of carbonyl (C=O) groups is 1. The normalized spacial score (nSPS) is 15.8. The van der Waals surface area contributed by atoms with Crippen LogP contribution >= 0.6 is 0 Å². The van der Waals surface area contributed by atoms with Gasteiger partial charge in [0.25, 0.3) is 0 Å². The molecule has 1 N–H and O–H groups in total. The predicted octanol–water partition coefficient (Wildman–Crippen LogP) is 2.48. The van der Waals surface area contributed by atoms with E-state index >= 15 is 0 Å². The molecular weight excluding hydrogens is 302 g/mol. The van der Waals surface area contributed by atoms with Crippen molar-refractivity contribution in [2.75, 3.05) is 37.6 Å². The molecule has 0 aliphatic carbocycles. The monoisotopic (exact) mass is 329 g/mol. The number of hydrogen-bond donors (Lipinski definition) is 1. The summed E-state index contributed by atoms with van der Waals surface area (Å²) in [6.07, 6.45) is 4.25. The van der Waals surface area contributed by atoms with Crippen LogP contribution in [0.3, 0.4) is 0 Å². The molecule has 0 spiro atoms. The van der Waals surface area contributed by atoms with Gasteiger partial charge in [-0.3, -0.25) is 0 Å². The van der Waals surface area contributed by atoms with Crippen molar-refractivity contribution in [2.45, 2.75) is 33.1 Å². The summed E-state index contributed by atoms with van der Waals surface area (Å²) in [4.78, 5) is 20.8. The van der Waals surface area contributed by atoms with Crippen LogP contribution in [0.2, 0.25) is 0 Å². The van der Waals surface area contributed by atoms with Crippen molar-refractivity contribution in [1.82, 2.24) is 19.6 Å². The Morgan fingerprint density at radius 2 is 1.88 bits per heavy atom. The van der Waals surface area contributed by atoms with Gasteiger partial charge in [0, 0.05) is 50.5 Å². The molecule has 130 valence electrons. The number of nitrogens with zero attached hydrogens (tertiary/aromatic N) is 4. The number of pyridine rings is 1. The smallest absolute Gasteiger partial charge is 0.317 e. The molecule has 2 amide bonds. The number of anilines is 1. The van der Waals surface area contributed by atoms with Crippen LogP contribution in [0.25, 0.3) is 5.65 Å². The van der Waals surface area contributed by atoms with Crippen molar-refractivity contribution in [1.29, 1.82) is 0 Å². The molecule has 24 heavy (non-hydrogen) atoms. The van der Waals surface area contributed by atoms with Crippen LogP contribution in [-0.2, 0) is 5.41 Å². The quantitative estimate of drug-likeness (QED) is 0.921. The van der Waals surface area contributed by atoms with E-state index in [9.17, 15) is 4.79 Å². The van der Waals surface area contributed by atoms with E-state index in [1.54, 1.807) is 0 Å². The van der Waals surface area contributed by atoms with Crippen LogP contribution in [0.1, 0.15) is 33.4 Å². The summed E-state index contributed by atoms with van der Waals surface area (Å²) in [5.41, 5.74) is 3.30. The molecule has 0 radical (unpaired) electrons. The average Bonchev–Trinajstić information content (AvgIpc) is 2.98. The number of aromatic nitrogens is 2. The van der Waals surface area contributed by atoms with Gasteiger partial charge >= 0.3 is 6.03 Å². The molecule has 0 aromatic carbocycles. The first-order chi connectivity index (χ1) is 11.4. The predicted molar refractivity (Wildman–Crippen MR) is 96.8 cm³/mol. The zero-order valence-corrected chi connectivity index (χ0v) is 15.0. The van der Waals surface area contributed by atoms with Crippen LogP contribution in [0.4, 0.5) is 10.5 Å². The standard InChI is InChI=1S/C18H27N5O/c1-5-19-17(24)22-10-8-21(9-11-22)14-6-7-16-20-15(18(2,3)4)13-23(16)12-14/h6-7,12-13H,5,8-11H2,1-4H3,(H,19,24). The molecule has 6 heteroatoms. The van der Waals surface area contributed by atoms with E-state index in [4.69, 9.17) is 4.98 Å². The Kier molecular flexibility index (Phi) is 4.39. The SMILES string of the molecule is CCNC(=O)N1CCN(c2ccc3nc(C(C)(C)C)cn3c2)CC1. The van der Waals surface area contributed by atoms with Gasteiger partial charge in [-0.25, -0.2) is 9.78 Å². The van der Waals surface area contributed by atoms with Gasteiger partial charge in [-0.2, -0.15) is 0 Å². The molecular formula is C18H27N5O. The van der Waals surface area contributed by atoms with Crippen LogP contribution in [0, 0.1) is 0 Å². The summed E-state index contributed by atoms with van der Waals surface area (Å²) in [6.45, 7) is 12.4. The molecule has 2 aromatic rings. The Morgan fingerprint density at radius 3 is 2.50 bits per heavy atom. The van der Waals surface area contributed by atoms with Crippen molar-refractivity contribution < 1.29 is 4.79 Å². The van der Waals surface area contributed by atoms with Crippen molar-refractivity contribution >= 4 is 17.4 Å². The van der Waals surface area contributed by atoms with Crippen molar-refractivity contribution in [3.8, 4) is 0 Å². The maximum Gasteiger partial charge on any atom is 0.317 e. The molecule has 2 aromatic heterocycles. The number of piperazine rings is 1. The highest BCUT2D eigenvalue weighted by molar-refractivity contribution is 5.74. The lowest BCUT2D eigenvalue weighted by molar-refractivity contribution is 0.195. The summed E-state index contributed by atoms with van der Waals surface area (Å²) in [5, 5.41) is 2.87. The second kappa shape index (κ2) is 6.34. The lowest BCUT2D eigenvalue weighted by atomic mass is 9.93. The maximum atomic E-state index is 11.9. The van der Waals surface area contributed by atoms with Crippen LogP contribution < -0.4 is 10.2 Å². The van der Waals surface area contributed by atoms with Crippen LogP contribution in [0.5, 0.6) is 0 Å². The average molecular weight is 329 g/mol. The highest BCUT2D eigenvalue weighted by atomic mass is 16.2. The molecule has 0 bridgehead atoms. The van der Waals surface area contributed by atoms with E-state index in [2.05, 4.69) is 59.9 Å². The van der Waals surface area contributed by atoms with E-state index in [0.717, 1.165) is 37.5 Å². The first-order valence-corrected chi connectivity index (χ1v) is 8.65. The third kappa shape index (κ3) is 3.32. The molecule has 1 saturated heterocycles. The van der Waals surface area contributed by atoms with Crippen LogP contribution in [-0.4, -0.2) is 53.0 Å². The van der Waals surface area contributed by atoms with Gasteiger partial charge < -0.3 is 19.5 Å². The van der Waals surface area contributed by atoms with E-state index in [-0.39, 0.29) is 11.4 Å². The molecule has 1 aliphatic rings. The topological polar surface area (TPSA) is 52.9 Å². The second-order valence-electron chi connectivity index (χ2n) is 7.34. The summed E-state index contributed by atoms with van der Waals surface area (Å²) in [5.74, 6) is 0. The number of hydrogen-bond acceptors (Lipinski definition) is 3. The number of amides is 2. The van der Waals surface area contributed by atoms with E-state index in [1.807, 2.05) is 11.8 Å². The van der Waals surface area contributed by atoms with Gasteiger partial charge in [0.1, 0.15) is 5.65 Å². The summed E-state index contributed by atoms with van der Waals surface area (Å²) >= 11 is 0. The number of nitrogens with one attached hydrogen (secondary N) is 1. The first kappa shape index (κ1) is 16.6. The third-order valence-corrected chi connectivity index (χ3v) is 4.46. The number of imidazole rings is 1. The number of carbonyl (C=O) groups excluding carboxylic acids is 1. The fourth-order valence-electron chi connectivity index (χ4n) is 2.96. The molecule has 0 atom stereocenters. The summed E-state index contributed by atoms with van der Waals surface area (Å²) < 4.78 is 2.10. The van der Waals surface area contributed by atoms with Gasteiger partial charge in [0.2, 0.25) is 0 Å². The van der Waals surface area contributed by atoms with Gasteiger partial charge in [-0.05, 0) is 19.1 Å². The lowest BCUT2D eigenvalue weighted by Gasteiger charge is -2.36. The molecule has 1 aliphatic heterocycles. The van der Waals surface area contributed by atoms with E-state index in [0.29, 0.717) is 6.54 Å². The minimum absolute atomic E-state index is 0.0389. The fourth-order valence-corrected chi connectivity index (χ4v) is 2.96. The number of fused-ring (bicyclic) bond motifs is 1. The Balaban J connectivity index is 1.73. The van der Waals surface area contributed by atoms with Gasteiger partial charge in [-0.1, -0.05) is 20.8 Å². The number of urea groups is 1. The van der Waals surface area contributed by atoms with Gasteiger partial charge in [-0.15, -0.1) is 0 Å². The Bertz CT molecular complexity index is 723. The highest BCUT2D eigenvalue weighted by Crippen LogP contribution is 2.24. The molecule has 3 rings (SSSR count). The van der Waals surface area contributed by atoms with E-state index < -0.39 is 0 Å². The van der Waals surface area contributed by atoms with E-state index in [1.165, 1.54) is 5.69 Å². The first-order valence-electron chi connectivity index (χ1n) is 8.65. The fraction of sp³-hybridized carbons (Fsp3) is 0.556. The van der Waals surface area contributed by atoms with Gasteiger partial charge in [0.05, 0.1) is 11.4 Å². The zero-order chi connectivity index (χ0) is 17.3. The molecule has 6 nitrogen and oxygen atoms in total. The lowest BCUT2D eigenvalue weighted by Crippen LogP contribution is -2.51. The molecule has 0 unspecified atom stereocenters. The van der Waals surface area contributed by atoms with Crippen LogP contribution in [0.15, 0.2) is 24.5 Å². The zero-order valence-electron chi connectivity index (χ0n) is 15.0. The minimum Gasteiger partial charge on any atom is -0.367 e. The minimum atomic E-state index is 0.0389. The van der Waals surface area contributed by atoms with Crippen molar-refractivity contribution in [2.24, 2.45) is 0 Å². The highest BCUT2D eigenvalue weighted by Gasteiger charge is 2.22. The number of rotatable bonds is 2. The Labute approximate surface area is 143 Å². The maximum absolute atomic E-state index is 11.9. The van der Waals surface area contributed by atoms with Crippen molar-refractivity contribution in [3.63, 3.8) is 0 Å². The molecule has 1 fully saturated rings. The largest absolute Gasteiger partial charge is 0.367 e.